The second kappa shape index (κ2) is 6.94. The van der Waals surface area contributed by atoms with E-state index in [-0.39, 0.29) is 0 Å². The van der Waals surface area contributed by atoms with Gasteiger partial charge in [-0.25, -0.2) is 4.98 Å². The highest BCUT2D eigenvalue weighted by atomic mass is 35.5. The number of aryl methyl sites for hydroxylation is 1. The third kappa shape index (κ3) is 3.23. The van der Waals surface area contributed by atoms with E-state index in [9.17, 15) is 0 Å². The first-order valence-corrected chi connectivity index (χ1v) is 8.84. The second-order valence-corrected chi connectivity index (χ2v) is 6.73. The number of anilines is 1. The summed E-state index contributed by atoms with van der Waals surface area (Å²) in [6, 6.07) is 9.38. The summed E-state index contributed by atoms with van der Waals surface area (Å²) in [7, 11) is 0. The Labute approximate surface area is 160 Å². The van der Waals surface area contributed by atoms with Crippen LogP contribution in [0.25, 0.3) is 22.2 Å². The molecular formula is C19H15Cl2N5. The van der Waals surface area contributed by atoms with E-state index in [1.54, 1.807) is 0 Å². The normalized spacial score (nSPS) is 13.4. The number of hydrogen-bond donors (Lipinski definition) is 2. The Bertz CT molecular complexity index is 1040. The molecule has 7 heteroatoms. The van der Waals surface area contributed by atoms with Crippen LogP contribution in [0.15, 0.2) is 54.4 Å². The average molecular weight is 384 g/mol. The first-order chi connectivity index (χ1) is 12.6. The van der Waals surface area contributed by atoms with Crippen molar-refractivity contribution in [3.8, 4) is 11.1 Å². The van der Waals surface area contributed by atoms with Crippen LogP contribution in [-0.2, 0) is 0 Å². The van der Waals surface area contributed by atoms with E-state index in [0.29, 0.717) is 21.5 Å². The van der Waals surface area contributed by atoms with E-state index < -0.39 is 0 Å². The van der Waals surface area contributed by atoms with Gasteiger partial charge >= 0.3 is 0 Å². The van der Waals surface area contributed by atoms with Crippen molar-refractivity contribution in [3.05, 3.63) is 70.0 Å². The first kappa shape index (κ1) is 16.8. The standard InChI is InChI=1S/C19H15Cl2N5/c1-11-9-12(17-14(20)3-2-4-15(17)21)10-16-18(11)24-19(26-25-16)23-13-5-7-22-8-6-13/h2-7,9-10,22H,8H2,1H3,(H,23,24,26). The number of nitrogens with zero attached hydrogens (tertiary/aromatic N) is 3. The van der Waals surface area contributed by atoms with Crippen LogP contribution in [0.5, 0.6) is 0 Å². The topological polar surface area (TPSA) is 62.7 Å². The molecule has 0 fully saturated rings. The molecule has 0 spiro atoms. The van der Waals surface area contributed by atoms with Crippen LogP contribution >= 0.6 is 23.2 Å². The maximum Gasteiger partial charge on any atom is 0.247 e. The maximum atomic E-state index is 6.34. The van der Waals surface area contributed by atoms with Crippen LogP contribution in [0.2, 0.25) is 10.0 Å². The molecule has 0 unspecified atom stereocenters. The van der Waals surface area contributed by atoms with Crippen molar-refractivity contribution in [2.75, 3.05) is 11.9 Å². The molecule has 0 amide bonds. The zero-order valence-electron chi connectivity index (χ0n) is 13.9. The minimum atomic E-state index is 0.460. The average Bonchev–Trinajstić information content (AvgIpc) is 2.63. The van der Waals surface area contributed by atoms with E-state index in [1.807, 2.05) is 55.6 Å². The summed E-state index contributed by atoms with van der Waals surface area (Å²) in [6.07, 6.45) is 5.82. The van der Waals surface area contributed by atoms with Crippen LogP contribution in [0.1, 0.15) is 5.56 Å². The van der Waals surface area contributed by atoms with Gasteiger partial charge in [0.05, 0.1) is 5.52 Å². The lowest BCUT2D eigenvalue weighted by Gasteiger charge is -2.12. The van der Waals surface area contributed by atoms with Gasteiger partial charge in [0.25, 0.3) is 0 Å². The van der Waals surface area contributed by atoms with Gasteiger partial charge in [0, 0.05) is 27.9 Å². The van der Waals surface area contributed by atoms with Gasteiger partial charge in [-0.2, -0.15) is 0 Å². The monoisotopic (exact) mass is 383 g/mol. The molecule has 2 heterocycles. The van der Waals surface area contributed by atoms with Crippen molar-refractivity contribution in [2.24, 2.45) is 0 Å². The zero-order valence-corrected chi connectivity index (χ0v) is 15.4. The van der Waals surface area contributed by atoms with Crippen molar-refractivity contribution in [1.82, 2.24) is 20.5 Å². The van der Waals surface area contributed by atoms with E-state index in [0.717, 1.165) is 34.4 Å². The Balaban J connectivity index is 1.76. The maximum absolute atomic E-state index is 6.34. The van der Waals surface area contributed by atoms with Crippen LogP contribution in [-0.4, -0.2) is 21.7 Å². The minimum absolute atomic E-state index is 0.460. The summed E-state index contributed by atoms with van der Waals surface area (Å²) in [6.45, 7) is 2.75. The lowest BCUT2D eigenvalue weighted by molar-refractivity contribution is 0.952. The van der Waals surface area contributed by atoms with Gasteiger partial charge in [-0.1, -0.05) is 29.3 Å². The summed E-state index contributed by atoms with van der Waals surface area (Å²) in [5, 5.41) is 16.0. The summed E-state index contributed by atoms with van der Waals surface area (Å²) < 4.78 is 0. The van der Waals surface area contributed by atoms with E-state index in [1.165, 1.54) is 0 Å². The van der Waals surface area contributed by atoms with Crippen molar-refractivity contribution >= 4 is 40.2 Å². The third-order valence-electron chi connectivity index (χ3n) is 4.08. The fourth-order valence-corrected chi connectivity index (χ4v) is 3.47. The van der Waals surface area contributed by atoms with Crippen LogP contribution in [0, 0.1) is 6.92 Å². The Kier molecular flexibility index (Phi) is 4.49. The van der Waals surface area contributed by atoms with Crippen LogP contribution in [0.3, 0.4) is 0 Å². The van der Waals surface area contributed by atoms with Crippen molar-refractivity contribution < 1.29 is 0 Å². The fourth-order valence-electron chi connectivity index (χ4n) is 2.86. The highest BCUT2D eigenvalue weighted by Crippen LogP contribution is 2.36. The lowest BCUT2D eigenvalue weighted by Crippen LogP contribution is -2.13. The molecule has 0 radical (unpaired) electrons. The molecule has 3 aromatic rings. The van der Waals surface area contributed by atoms with E-state index in [2.05, 4.69) is 25.8 Å². The third-order valence-corrected chi connectivity index (χ3v) is 4.71. The number of nitrogens with one attached hydrogen (secondary N) is 2. The van der Waals surface area contributed by atoms with Gasteiger partial charge in [-0.15, -0.1) is 10.2 Å². The molecule has 0 saturated heterocycles. The van der Waals surface area contributed by atoms with Crippen LogP contribution in [0.4, 0.5) is 5.95 Å². The first-order valence-electron chi connectivity index (χ1n) is 8.08. The molecule has 2 aromatic carbocycles. The fraction of sp³-hybridized carbons (Fsp3) is 0.105. The van der Waals surface area contributed by atoms with E-state index in [4.69, 9.17) is 23.2 Å². The number of hydrogen-bond acceptors (Lipinski definition) is 5. The lowest BCUT2D eigenvalue weighted by atomic mass is 10.0. The van der Waals surface area contributed by atoms with Crippen molar-refractivity contribution in [3.63, 3.8) is 0 Å². The number of rotatable bonds is 3. The molecule has 130 valence electrons. The van der Waals surface area contributed by atoms with Crippen LogP contribution < -0.4 is 10.6 Å². The van der Waals surface area contributed by atoms with Gasteiger partial charge in [0.15, 0.2) is 0 Å². The Morgan fingerprint density at radius 3 is 2.65 bits per heavy atom. The second-order valence-electron chi connectivity index (χ2n) is 5.92. The molecular weight excluding hydrogens is 369 g/mol. The molecule has 26 heavy (non-hydrogen) atoms. The Hall–Kier alpha value is -2.63. The number of aromatic nitrogens is 3. The van der Waals surface area contributed by atoms with Gasteiger partial charge in [0.1, 0.15) is 5.52 Å². The molecule has 0 saturated carbocycles. The largest absolute Gasteiger partial charge is 0.387 e. The smallest absolute Gasteiger partial charge is 0.247 e. The zero-order chi connectivity index (χ0) is 18.1. The summed E-state index contributed by atoms with van der Waals surface area (Å²) >= 11 is 12.7. The minimum Gasteiger partial charge on any atom is -0.387 e. The molecule has 0 aliphatic carbocycles. The highest BCUT2D eigenvalue weighted by Gasteiger charge is 2.13. The number of fused-ring (bicyclic) bond motifs is 1. The SMILES string of the molecule is Cc1cc(-c2c(Cl)cccc2Cl)cc2nnc(NC3=CCNC=C3)nc12. The summed E-state index contributed by atoms with van der Waals surface area (Å²) in [5.74, 6) is 0.460. The quantitative estimate of drug-likeness (QED) is 0.684. The Morgan fingerprint density at radius 1 is 1.12 bits per heavy atom. The number of benzene rings is 2. The molecule has 1 aliphatic heterocycles. The van der Waals surface area contributed by atoms with Crippen molar-refractivity contribution in [2.45, 2.75) is 6.92 Å². The summed E-state index contributed by atoms with van der Waals surface area (Å²) in [5.41, 5.74) is 5.06. The molecule has 2 N–H and O–H groups in total. The van der Waals surface area contributed by atoms with Gasteiger partial charge in [-0.05, 0) is 60.7 Å². The number of allylic oxidation sites excluding steroid dienone is 1. The summed E-state index contributed by atoms with van der Waals surface area (Å²) in [4.78, 5) is 4.60. The molecule has 4 rings (SSSR count). The Morgan fingerprint density at radius 2 is 1.92 bits per heavy atom. The molecule has 1 aliphatic rings. The van der Waals surface area contributed by atoms with Crippen molar-refractivity contribution in [1.29, 1.82) is 0 Å². The van der Waals surface area contributed by atoms with E-state index >= 15 is 0 Å². The predicted octanol–water partition coefficient (Wildman–Crippen LogP) is 4.72. The van der Waals surface area contributed by atoms with Gasteiger partial charge in [0.2, 0.25) is 5.95 Å². The van der Waals surface area contributed by atoms with Gasteiger partial charge in [-0.3, -0.25) is 0 Å². The molecule has 0 atom stereocenters. The van der Waals surface area contributed by atoms with Gasteiger partial charge < -0.3 is 10.6 Å². The molecule has 5 nitrogen and oxygen atoms in total. The number of dihydropyridines is 1. The molecule has 0 bridgehead atoms. The number of halogens is 2. The molecule has 1 aromatic heterocycles. The predicted molar refractivity (Wildman–Crippen MR) is 106 cm³/mol. The highest BCUT2D eigenvalue weighted by molar-refractivity contribution is 6.39.